The van der Waals surface area contributed by atoms with Crippen LogP contribution in [0.5, 0.6) is 0 Å². The number of carbonyl (C=O) groups excluding carboxylic acids is 1. The fourth-order valence-electron chi connectivity index (χ4n) is 5.28. The summed E-state index contributed by atoms with van der Waals surface area (Å²) < 4.78 is 28.2. The Morgan fingerprint density at radius 3 is 2.81 bits per heavy atom. The van der Waals surface area contributed by atoms with Crippen LogP contribution in [0.15, 0.2) is 16.9 Å². The lowest BCUT2D eigenvalue weighted by atomic mass is 9.91. The Bertz CT molecular complexity index is 1220. The maximum Gasteiger partial charge on any atom is 0.355 e. The highest BCUT2D eigenvalue weighted by atomic mass is 19.1. The highest BCUT2D eigenvalue weighted by Crippen LogP contribution is 2.44. The number of aromatic nitrogens is 1. The zero-order chi connectivity index (χ0) is 22.6. The molecule has 3 aliphatic rings. The molecule has 2 aromatic rings. The van der Waals surface area contributed by atoms with E-state index in [4.69, 9.17) is 15.2 Å². The third-order valence-corrected chi connectivity index (χ3v) is 6.93. The third-order valence-electron chi connectivity index (χ3n) is 6.93. The standard InChI is InChI=1S/C23H25FN4O4/c1-2-31-22(30)18-8-19(29)15-7-17(24)21(16(9-25)20(15)28(18)14-3-4-14)27-10-13-5-6-32-23(13,11-26)12-27/h7-8,13-14H,2-6,10-12,26H2,1H3/t13-,23+/m1/s1. The zero-order valence-electron chi connectivity index (χ0n) is 17.9. The van der Waals surface area contributed by atoms with Gasteiger partial charge in [0, 0.05) is 44.3 Å². The molecular weight excluding hydrogens is 415 g/mol. The molecule has 1 saturated carbocycles. The topological polar surface area (TPSA) is 111 Å². The van der Waals surface area contributed by atoms with Gasteiger partial charge < -0.3 is 24.7 Å². The van der Waals surface area contributed by atoms with Gasteiger partial charge in [0.15, 0.2) is 5.43 Å². The summed E-state index contributed by atoms with van der Waals surface area (Å²) in [7, 11) is 0. The Hall–Kier alpha value is -2.96. The summed E-state index contributed by atoms with van der Waals surface area (Å²) in [5, 5.41) is 10.2. The van der Waals surface area contributed by atoms with Crippen LogP contribution >= 0.6 is 0 Å². The second-order valence-corrected chi connectivity index (χ2v) is 8.79. The molecule has 2 N–H and O–H groups in total. The molecule has 1 aliphatic carbocycles. The van der Waals surface area contributed by atoms with Crippen LogP contribution in [0, 0.1) is 23.1 Å². The third kappa shape index (κ3) is 3.01. The summed E-state index contributed by atoms with van der Waals surface area (Å²) in [4.78, 5) is 27.3. The molecule has 1 aromatic heterocycles. The van der Waals surface area contributed by atoms with Gasteiger partial charge in [0.2, 0.25) is 0 Å². The molecule has 2 atom stereocenters. The van der Waals surface area contributed by atoms with Crippen LogP contribution in [0.2, 0.25) is 0 Å². The van der Waals surface area contributed by atoms with Crippen LogP contribution in [-0.4, -0.2) is 49.0 Å². The molecule has 3 heterocycles. The monoisotopic (exact) mass is 440 g/mol. The van der Waals surface area contributed by atoms with Crippen molar-refractivity contribution in [2.75, 3.05) is 37.7 Å². The van der Waals surface area contributed by atoms with Crippen molar-refractivity contribution in [1.82, 2.24) is 4.57 Å². The van der Waals surface area contributed by atoms with Crippen molar-refractivity contribution in [3.8, 4) is 6.07 Å². The van der Waals surface area contributed by atoms with Gasteiger partial charge in [-0.3, -0.25) is 4.79 Å². The number of anilines is 1. The number of hydrogen-bond donors (Lipinski definition) is 1. The minimum Gasteiger partial charge on any atom is -0.461 e. The molecule has 168 valence electrons. The molecule has 32 heavy (non-hydrogen) atoms. The number of halogens is 1. The van der Waals surface area contributed by atoms with Gasteiger partial charge in [-0.2, -0.15) is 5.26 Å². The fraction of sp³-hybridized carbons (Fsp3) is 0.522. The van der Waals surface area contributed by atoms with E-state index in [0.717, 1.165) is 19.3 Å². The second kappa shape index (κ2) is 7.57. The van der Waals surface area contributed by atoms with Crippen LogP contribution < -0.4 is 16.1 Å². The average molecular weight is 440 g/mol. The predicted molar refractivity (Wildman–Crippen MR) is 115 cm³/mol. The van der Waals surface area contributed by atoms with Gasteiger partial charge in [-0.05, 0) is 32.3 Å². The highest BCUT2D eigenvalue weighted by molar-refractivity contribution is 5.96. The van der Waals surface area contributed by atoms with Gasteiger partial charge in [0.25, 0.3) is 0 Å². The molecular formula is C23H25FN4O4. The summed E-state index contributed by atoms with van der Waals surface area (Å²) in [6.07, 6.45) is 2.43. The van der Waals surface area contributed by atoms with Crippen molar-refractivity contribution in [2.45, 2.75) is 37.8 Å². The number of fused-ring (bicyclic) bond motifs is 2. The largest absolute Gasteiger partial charge is 0.461 e. The normalized spacial score (nSPS) is 24.6. The number of esters is 1. The molecule has 0 spiro atoms. The van der Waals surface area contributed by atoms with Crippen LogP contribution in [0.1, 0.15) is 48.3 Å². The first kappa shape index (κ1) is 20.9. The molecule has 5 rings (SSSR count). The Balaban J connectivity index is 1.75. The molecule has 9 heteroatoms. The van der Waals surface area contributed by atoms with E-state index in [1.165, 1.54) is 12.1 Å². The minimum absolute atomic E-state index is 0.0420. The number of hydrogen-bond acceptors (Lipinski definition) is 7. The van der Waals surface area contributed by atoms with Gasteiger partial charge in [0.05, 0.1) is 23.2 Å². The Kier molecular flexibility index (Phi) is 4.95. The molecule has 0 unspecified atom stereocenters. The van der Waals surface area contributed by atoms with Crippen molar-refractivity contribution in [2.24, 2.45) is 11.7 Å². The van der Waals surface area contributed by atoms with Gasteiger partial charge >= 0.3 is 5.97 Å². The summed E-state index contributed by atoms with van der Waals surface area (Å²) in [6, 6.07) is 4.47. The highest BCUT2D eigenvalue weighted by Gasteiger charge is 2.51. The number of nitrogens with two attached hydrogens (primary N) is 1. The number of nitrogens with zero attached hydrogens (tertiary/aromatic N) is 3. The van der Waals surface area contributed by atoms with Gasteiger partial charge in [-0.1, -0.05) is 0 Å². The van der Waals surface area contributed by atoms with E-state index >= 15 is 4.39 Å². The van der Waals surface area contributed by atoms with Crippen LogP contribution in [0.25, 0.3) is 10.9 Å². The average Bonchev–Trinajstić information content (AvgIpc) is 3.43. The van der Waals surface area contributed by atoms with Gasteiger partial charge in [-0.25, -0.2) is 9.18 Å². The van der Waals surface area contributed by atoms with Crippen molar-refractivity contribution in [3.05, 3.63) is 39.4 Å². The van der Waals surface area contributed by atoms with Crippen LogP contribution in [0.4, 0.5) is 10.1 Å². The number of benzene rings is 1. The quantitative estimate of drug-likeness (QED) is 0.709. The molecule has 0 bridgehead atoms. The maximum absolute atomic E-state index is 15.4. The lowest BCUT2D eigenvalue weighted by Crippen LogP contribution is -2.44. The molecule has 2 aliphatic heterocycles. The van der Waals surface area contributed by atoms with E-state index in [2.05, 4.69) is 6.07 Å². The van der Waals surface area contributed by atoms with E-state index < -0.39 is 22.8 Å². The molecule has 2 saturated heterocycles. The Morgan fingerprint density at radius 2 is 2.19 bits per heavy atom. The van der Waals surface area contributed by atoms with Crippen molar-refractivity contribution >= 4 is 22.6 Å². The maximum atomic E-state index is 15.4. The molecule has 0 amide bonds. The fourth-order valence-corrected chi connectivity index (χ4v) is 5.28. The van der Waals surface area contributed by atoms with Crippen LogP contribution in [0.3, 0.4) is 0 Å². The number of carbonyl (C=O) groups is 1. The summed E-state index contributed by atoms with van der Waals surface area (Å²) in [5.41, 5.74) is 5.53. The van der Waals surface area contributed by atoms with E-state index in [-0.39, 0.29) is 40.9 Å². The van der Waals surface area contributed by atoms with Gasteiger partial charge in [-0.15, -0.1) is 0 Å². The lowest BCUT2D eigenvalue weighted by Gasteiger charge is -2.28. The summed E-state index contributed by atoms with van der Waals surface area (Å²) in [5.74, 6) is -1.12. The van der Waals surface area contributed by atoms with Gasteiger partial charge in [0.1, 0.15) is 28.7 Å². The Morgan fingerprint density at radius 1 is 1.41 bits per heavy atom. The predicted octanol–water partition coefficient (Wildman–Crippen LogP) is 2.08. The van der Waals surface area contributed by atoms with E-state index in [9.17, 15) is 14.9 Å². The molecule has 3 fully saturated rings. The van der Waals surface area contributed by atoms with Crippen LogP contribution in [-0.2, 0) is 9.47 Å². The minimum atomic E-state index is -0.635. The SMILES string of the molecule is CCOC(=O)c1cc(=O)c2cc(F)c(N3C[C@H]4CCO[C@@]4(CN)C3)c(C#N)c2n1C1CC1. The summed E-state index contributed by atoms with van der Waals surface area (Å²) >= 11 is 0. The zero-order valence-corrected chi connectivity index (χ0v) is 17.9. The smallest absolute Gasteiger partial charge is 0.355 e. The van der Waals surface area contributed by atoms with E-state index in [1.54, 1.807) is 11.5 Å². The van der Waals surface area contributed by atoms with E-state index in [1.807, 2.05) is 4.90 Å². The van der Waals surface area contributed by atoms with E-state index in [0.29, 0.717) is 31.8 Å². The molecule has 0 radical (unpaired) electrons. The molecule has 8 nitrogen and oxygen atoms in total. The van der Waals surface area contributed by atoms with Crippen molar-refractivity contribution in [3.63, 3.8) is 0 Å². The second-order valence-electron chi connectivity index (χ2n) is 8.79. The lowest BCUT2D eigenvalue weighted by molar-refractivity contribution is 0.0126. The van der Waals surface area contributed by atoms with Crippen molar-refractivity contribution < 1.29 is 18.7 Å². The first-order chi connectivity index (χ1) is 15.4. The number of ether oxygens (including phenoxy) is 2. The first-order valence-electron chi connectivity index (χ1n) is 11.0. The first-order valence-corrected chi connectivity index (χ1v) is 11.0. The Labute approximate surface area is 184 Å². The number of rotatable bonds is 5. The molecule has 1 aromatic carbocycles. The summed E-state index contributed by atoms with van der Waals surface area (Å²) in [6.45, 7) is 3.66. The number of pyridine rings is 1. The van der Waals surface area contributed by atoms with Crippen molar-refractivity contribution in [1.29, 1.82) is 5.26 Å². The number of nitriles is 1.